The van der Waals surface area contributed by atoms with Crippen LogP contribution in [0, 0.1) is 13.8 Å². The molecule has 0 saturated carbocycles. The molecule has 1 amide bonds. The third-order valence-corrected chi connectivity index (χ3v) is 4.46. The molecule has 0 radical (unpaired) electrons. The molecule has 23 heavy (non-hydrogen) atoms. The lowest BCUT2D eigenvalue weighted by atomic mass is 10.0. The molecule has 2 aromatic heterocycles. The maximum Gasteiger partial charge on any atom is 0.224 e. The average molecular weight is 316 g/mol. The summed E-state index contributed by atoms with van der Waals surface area (Å²) in [6.45, 7) is 6.29. The van der Waals surface area contributed by atoms with Crippen molar-refractivity contribution in [2.24, 2.45) is 0 Å². The van der Waals surface area contributed by atoms with E-state index in [-0.39, 0.29) is 11.9 Å². The van der Waals surface area contributed by atoms with Gasteiger partial charge in [-0.2, -0.15) is 5.10 Å². The number of hydrogen-bond acceptors (Lipinski definition) is 4. The average Bonchev–Trinajstić information content (AvgIpc) is 3.15. The summed E-state index contributed by atoms with van der Waals surface area (Å²) in [5.41, 5.74) is 2.19. The molecule has 1 atom stereocenters. The van der Waals surface area contributed by atoms with Crippen LogP contribution in [0.25, 0.3) is 0 Å². The topological polar surface area (TPSA) is 68.8 Å². The number of carbonyl (C=O) groups is 1. The number of rotatable bonds is 5. The fourth-order valence-corrected chi connectivity index (χ4v) is 3.28. The largest absolute Gasteiger partial charge is 0.338 e. The Morgan fingerprint density at radius 3 is 2.91 bits per heavy atom. The van der Waals surface area contributed by atoms with Gasteiger partial charge in [-0.25, -0.2) is 0 Å². The fourth-order valence-electron chi connectivity index (χ4n) is 3.28. The molecule has 1 saturated heterocycles. The Hall–Kier alpha value is -2.18. The van der Waals surface area contributed by atoms with Crippen molar-refractivity contribution in [3.05, 3.63) is 29.8 Å². The van der Waals surface area contributed by atoms with Crippen molar-refractivity contribution >= 4 is 5.91 Å². The smallest absolute Gasteiger partial charge is 0.224 e. The first-order valence-corrected chi connectivity index (χ1v) is 8.28. The summed E-state index contributed by atoms with van der Waals surface area (Å²) in [6.07, 6.45) is 7.21. The number of nitrogens with zero attached hydrogens (tertiary/aromatic N) is 6. The van der Waals surface area contributed by atoms with E-state index in [0.29, 0.717) is 13.0 Å². The van der Waals surface area contributed by atoms with Crippen molar-refractivity contribution in [2.75, 3.05) is 6.54 Å². The fraction of sp³-hybridized carbons (Fsp3) is 0.625. The SMILES string of the molecule is Cc1cc(C)n(CC2CCCCN2C(=O)CCn2ccnn2)n1. The van der Waals surface area contributed by atoms with Gasteiger partial charge in [-0.15, -0.1) is 5.10 Å². The maximum atomic E-state index is 12.6. The van der Waals surface area contributed by atoms with Gasteiger partial charge in [0.25, 0.3) is 0 Å². The van der Waals surface area contributed by atoms with Crippen LogP contribution in [0.4, 0.5) is 0 Å². The summed E-state index contributed by atoms with van der Waals surface area (Å²) >= 11 is 0. The highest BCUT2D eigenvalue weighted by Crippen LogP contribution is 2.20. The first-order valence-electron chi connectivity index (χ1n) is 8.28. The van der Waals surface area contributed by atoms with Crippen LogP contribution in [0.3, 0.4) is 0 Å². The molecule has 1 aliphatic rings. The molecule has 0 spiro atoms. The Morgan fingerprint density at radius 2 is 2.22 bits per heavy atom. The quantitative estimate of drug-likeness (QED) is 0.839. The number of aromatic nitrogens is 5. The zero-order valence-electron chi connectivity index (χ0n) is 13.9. The van der Waals surface area contributed by atoms with Gasteiger partial charge < -0.3 is 4.90 Å². The summed E-state index contributed by atoms with van der Waals surface area (Å²) in [5, 5.41) is 12.2. The van der Waals surface area contributed by atoms with E-state index >= 15 is 0 Å². The second kappa shape index (κ2) is 6.93. The van der Waals surface area contributed by atoms with Gasteiger partial charge in [-0.3, -0.25) is 14.2 Å². The van der Waals surface area contributed by atoms with Crippen LogP contribution in [0.5, 0.6) is 0 Å². The zero-order chi connectivity index (χ0) is 16.2. The molecule has 0 N–H and O–H groups in total. The van der Waals surface area contributed by atoms with Gasteiger partial charge in [-0.05, 0) is 39.2 Å². The van der Waals surface area contributed by atoms with Crippen molar-refractivity contribution in [2.45, 2.75) is 58.7 Å². The molecule has 7 heteroatoms. The van der Waals surface area contributed by atoms with E-state index in [9.17, 15) is 4.79 Å². The van der Waals surface area contributed by atoms with Gasteiger partial charge >= 0.3 is 0 Å². The predicted molar refractivity (Wildman–Crippen MR) is 85.7 cm³/mol. The molecule has 7 nitrogen and oxygen atoms in total. The molecular formula is C16H24N6O. The Labute approximate surface area is 136 Å². The van der Waals surface area contributed by atoms with E-state index in [1.807, 2.05) is 16.5 Å². The van der Waals surface area contributed by atoms with E-state index in [1.165, 1.54) is 6.42 Å². The second-order valence-electron chi connectivity index (χ2n) is 6.26. The van der Waals surface area contributed by atoms with Gasteiger partial charge in [0.1, 0.15) is 0 Å². The number of piperidine rings is 1. The van der Waals surface area contributed by atoms with Crippen molar-refractivity contribution in [3.63, 3.8) is 0 Å². The summed E-state index contributed by atoms with van der Waals surface area (Å²) in [5.74, 6) is 0.201. The van der Waals surface area contributed by atoms with E-state index in [4.69, 9.17) is 0 Å². The third kappa shape index (κ3) is 3.78. The van der Waals surface area contributed by atoms with Crippen LogP contribution >= 0.6 is 0 Å². The monoisotopic (exact) mass is 316 g/mol. The summed E-state index contributed by atoms with van der Waals surface area (Å²) in [4.78, 5) is 14.7. The number of likely N-dealkylation sites (tertiary alicyclic amines) is 1. The Bertz CT molecular complexity index is 648. The highest BCUT2D eigenvalue weighted by Gasteiger charge is 2.27. The lowest BCUT2D eigenvalue weighted by Crippen LogP contribution is -2.46. The zero-order valence-corrected chi connectivity index (χ0v) is 13.9. The maximum absolute atomic E-state index is 12.6. The van der Waals surface area contributed by atoms with Gasteiger partial charge in [0.2, 0.25) is 5.91 Å². The first-order chi connectivity index (χ1) is 11.1. The number of amides is 1. The number of aryl methyl sites for hydroxylation is 3. The Balaban J connectivity index is 1.63. The van der Waals surface area contributed by atoms with E-state index in [0.717, 1.165) is 37.3 Å². The van der Waals surface area contributed by atoms with Crippen molar-refractivity contribution < 1.29 is 4.79 Å². The Kier molecular flexibility index (Phi) is 4.73. The van der Waals surface area contributed by atoms with Crippen LogP contribution in [0.15, 0.2) is 18.5 Å². The molecule has 1 fully saturated rings. The minimum absolute atomic E-state index is 0.201. The molecule has 0 aromatic carbocycles. The van der Waals surface area contributed by atoms with Gasteiger partial charge in [-0.1, -0.05) is 5.21 Å². The van der Waals surface area contributed by atoms with Crippen LogP contribution in [-0.4, -0.2) is 48.2 Å². The molecule has 3 heterocycles. The predicted octanol–water partition coefficient (Wildman–Crippen LogP) is 1.56. The Morgan fingerprint density at radius 1 is 1.35 bits per heavy atom. The first kappa shape index (κ1) is 15.7. The lowest BCUT2D eigenvalue weighted by Gasteiger charge is -2.36. The van der Waals surface area contributed by atoms with E-state index < -0.39 is 0 Å². The van der Waals surface area contributed by atoms with Gasteiger partial charge in [0.15, 0.2) is 0 Å². The number of hydrogen-bond donors (Lipinski definition) is 0. The third-order valence-electron chi connectivity index (χ3n) is 4.46. The molecule has 1 unspecified atom stereocenters. The standard InChI is InChI=1S/C16H24N6O/c1-13-11-14(2)22(18-13)12-15-5-3-4-8-21(15)16(23)6-9-20-10-7-17-19-20/h7,10-11,15H,3-6,8-9,12H2,1-2H3. The van der Waals surface area contributed by atoms with Crippen LogP contribution in [0.2, 0.25) is 0 Å². The van der Waals surface area contributed by atoms with E-state index in [2.05, 4.69) is 28.4 Å². The lowest BCUT2D eigenvalue weighted by molar-refractivity contribution is -0.135. The molecule has 124 valence electrons. The minimum Gasteiger partial charge on any atom is -0.338 e. The van der Waals surface area contributed by atoms with Crippen LogP contribution in [0.1, 0.15) is 37.1 Å². The molecule has 1 aliphatic heterocycles. The van der Waals surface area contributed by atoms with Crippen LogP contribution < -0.4 is 0 Å². The highest BCUT2D eigenvalue weighted by atomic mass is 16.2. The normalized spacial score (nSPS) is 18.3. The van der Waals surface area contributed by atoms with Crippen molar-refractivity contribution in [1.82, 2.24) is 29.7 Å². The van der Waals surface area contributed by atoms with Gasteiger partial charge in [0.05, 0.1) is 31.0 Å². The highest BCUT2D eigenvalue weighted by molar-refractivity contribution is 5.76. The number of carbonyl (C=O) groups excluding carboxylic acids is 1. The molecular weight excluding hydrogens is 292 g/mol. The molecule has 0 bridgehead atoms. The van der Waals surface area contributed by atoms with Crippen molar-refractivity contribution in [3.8, 4) is 0 Å². The second-order valence-corrected chi connectivity index (χ2v) is 6.26. The molecule has 3 rings (SSSR count). The summed E-state index contributed by atoms with van der Waals surface area (Å²) in [7, 11) is 0. The summed E-state index contributed by atoms with van der Waals surface area (Å²) in [6, 6.07) is 2.32. The minimum atomic E-state index is 0.201. The molecule has 2 aromatic rings. The van der Waals surface area contributed by atoms with Gasteiger partial charge in [0, 0.05) is 24.9 Å². The van der Waals surface area contributed by atoms with Crippen LogP contribution in [-0.2, 0) is 17.9 Å². The molecule has 0 aliphatic carbocycles. The van der Waals surface area contributed by atoms with Crippen molar-refractivity contribution in [1.29, 1.82) is 0 Å². The summed E-state index contributed by atoms with van der Waals surface area (Å²) < 4.78 is 3.74. The van der Waals surface area contributed by atoms with E-state index in [1.54, 1.807) is 17.1 Å².